The molecule has 0 unspecified atom stereocenters. The van der Waals surface area contributed by atoms with E-state index in [-0.39, 0.29) is 0 Å². The summed E-state index contributed by atoms with van der Waals surface area (Å²) in [6.45, 7) is 6.51. The monoisotopic (exact) mass is 302 g/mol. The topological polar surface area (TPSA) is 59.1 Å². The van der Waals surface area contributed by atoms with Crippen molar-refractivity contribution in [2.45, 2.75) is 20.0 Å². The molecule has 120 valence electrons. The summed E-state index contributed by atoms with van der Waals surface area (Å²) in [5, 5.41) is 6.46. The molecule has 0 saturated heterocycles. The molecule has 2 rings (SSSR count). The van der Waals surface area contributed by atoms with Crippen LogP contribution in [0.15, 0.2) is 49.1 Å². The number of aromatic nitrogens is 2. The SMILES string of the molecule is CCNCc1cccnc1.COCCNCc1cccnc1. The molecule has 0 aliphatic carbocycles. The molecule has 5 nitrogen and oxygen atoms in total. The van der Waals surface area contributed by atoms with Gasteiger partial charge in [0.2, 0.25) is 0 Å². The molecule has 0 atom stereocenters. The molecule has 0 aliphatic rings. The fraction of sp³-hybridized carbons (Fsp3) is 0.412. The molecular weight excluding hydrogens is 276 g/mol. The van der Waals surface area contributed by atoms with Gasteiger partial charge < -0.3 is 15.4 Å². The zero-order valence-electron chi connectivity index (χ0n) is 13.5. The smallest absolute Gasteiger partial charge is 0.0587 e. The van der Waals surface area contributed by atoms with E-state index in [0.29, 0.717) is 0 Å². The van der Waals surface area contributed by atoms with E-state index in [0.717, 1.165) is 32.8 Å². The molecule has 0 bridgehead atoms. The highest BCUT2D eigenvalue weighted by molar-refractivity contribution is 5.08. The summed E-state index contributed by atoms with van der Waals surface area (Å²) in [6.07, 6.45) is 7.30. The van der Waals surface area contributed by atoms with Gasteiger partial charge in [-0.2, -0.15) is 0 Å². The van der Waals surface area contributed by atoms with E-state index in [2.05, 4.69) is 33.6 Å². The van der Waals surface area contributed by atoms with Crippen LogP contribution in [-0.2, 0) is 17.8 Å². The lowest BCUT2D eigenvalue weighted by molar-refractivity contribution is 0.199. The van der Waals surface area contributed by atoms with Crippen molar-refractivity contribution in [3.8, 4) is 0 Å². The van der Waals surface area contributed by atoms with Crippen LogP contribution in [0.3, 0.4) is 0 Å². The van der Waals surface area contributed by atoms with Gasteiger partial charge in [-0.25, -0.2) is 0 Å². The van der Waals surface area contributed by atoms with Crippen molar-refractivity contribution in [1.82, 2.24) is 20.6 Å². The van der Waals surface area contributed by atoms with E-state index in [4.69, 9.17) is 4.74 Å². The fourth-order valence-corrected chi connectivity index (χ4v) is 1.68. The molecule has 0 saturated carbocycles. The largest absolute Gasteiger partial charge is 0.383 e. The van der Waals surface area contributed by atoms with Gasteiger partial charge in [0.25, 0.3) is 0 Å². The molecule has 2 aromatic rings. The van der Waals surface area contributed by atoms with Gasteiger partial charge in [-0.1, -0.05) is 19.1 Å². The van der Waals surface area contributed by atoms with Crippen LogP contribution in [0.4, 0.5) is 0 Å². The van der Waals surface area contributed by atoms with Crippen molar-refractivity contribution in [2.24, 2.45) is 0 Å². The second kappa shape index (κ2) is 12.9. The summed E-state index contributed by atoms with van der Waals surface area (Å²) in [5.41, 5.74) is 2.44. The summed E-state index contributed by atoms with van der Waals surface area (Å²) in [5.74, 6) is 0. The van der Waals surface area contributed by atoms with E-state index >= 15 is 0 Å². The Bertz CT molecular complexity index is 465. The van der Waals surface area contributed by atoms with Crippen LogP contribution < -0.4 is 10.6 Å². The number of nitrogens with zero attached hydrogens (tertiary/aromatic N) is 2. The lowest BCUT2D eigenvalue weighted by Crippen LogP contribution is -2.18. The van der Waals surface area contributed by atoms with Gasteiger partial charge >= 0.3 is 0 Å². The number of rotatable bonds is 8. The molecule has 5 heteroatoms. The van der Waals surface area contributed by atoms with Gasteiger partial charge in [0.05, 0.1) is 6.61 Å². The Morgan fingerprint density at radius 2 is 1.55 bits per heavy atom. The van der Waals surface area contributed by atoms with Gasteiger partial charge in [0, 0.05) is 51.5 Å². The zero-order valence-corrected chi connectivity index (χ0v) is 13.5. The first kappa shape index (κ1) is 18.2. The van der Waals surface area contributed by atoms with Crippen molar-refractivity contribution in [2.75, 3.05) is 26.8 Å². The molecule has 0 radical (unpaired) electrons. The lowest BCUT2D eigenvalue weighted by atomic mass is 10.3. The van der Waals surface area contributed by atoms with Crippen LogP contribution in [0.2, 0.25) is 0 Å². The van der Waals surface area contributed by atoms with Crippen LogP contribution in [-0.4, -0.2) is 36.8 Å². The average Bonchev–Trinajstić information content (AvgIpc) is 2.59. The number of hydrogen-bond acceptors (Lipinski definition) is 5. The highest BCUT2D eigenvalue weighted by Crippen LogP contribution is 1.93. The number of pyridine rings is 2. The molecule has 0 amide bonds. The summed E-state index contributed by atoms with van der Waals surface area (Å²) < 4.78 is 4.90. The van der Waals surface area contributed by atoms with Gasteiger partial charge in [-0.05, 0) is 29.8 Å². The fourth-order valence-electron chi connectivity index (χ4n) is 1.68. The molecule has 0 aromatic carbocycles. The van der Waals surface area contributed by atoms with E-state index in [9.17, 15) is 0 Å². The molecular formula is C17H26N4O. The first-order valence-electron chi connectivity index (χ1n) is 7.55. The first-order chi connectivity index (χ1) is 10.9. The molecule has 2 N–H and O–H groups in total. The van der Waals surface area contributed by atoms with Crippen molar-refractivity contribution in [3.63, 3.8) is 0 Å². The van der Waals surface area contributed by atoms with E-state index in [1.807, 2.05) is 30.6 Å². The molecule has 0 aliphatic heterocycles. The second-order valence-corrected chi connectivity index (χ2v) is 4.67. The second-order valence-electron chi connectivity index (χ2n) is 4.67. The van der Waals surface area contributed by atoms with Crippen LogP contribution in [0.25, 0.3) is 0 Å². The van der Waals surface area contributed by atoms with Gasteiger partial charge in [0.15, 0.2) is 0 Å². The molecule has 2 heterocycles. The highest BCUT2D eigenvalue weighted by Gasteiger charge is 1.89. The maximum absolute atomic E-state index is 4.90. The maximum Gasteiger partial charge on any atom is 0.0587 e. The molecule has 22 heavy (non-hydrogen) atoms. The molecule has 0 fully saturated rings. The minimum absolute atomic E-state index is 0.750. The minimum atomic E-state index is 0.750. The Balaban J connectivity index is 0.000000224. The summed E-state index contributed by atoms with van der Waals surface area (Å²) in [7, 11) is 1.70. The predicted octanol–water partition coefficient (Wildman–Crippen LogP) is 2.01. The summed E-state index contributed by atoms with van der Waals surface area (Å²) in [4.78, 5) is 8.01. The summed E-state index contributed by atoms with van der Waals surface area (Å²) >= 11 is 0. The predicted molar refractivity (Wildman–Crippen MR) is 89.4 cm³/mol. The van der Waals surface area contributed by atoms with Gasteiger partial charge in [-0.15, -0.1) is 0 Å². The zero-order chi connectivity index (χ0) is 15.9. The van der Waals surface area contributed by atoms with Crippen LogP contribution in [0, 0.1) is 0 Å². The number of nitrogens with one attached hydrogen (secondary N) is 2. The third kappa shape index (κ3) is 9.18. The van der Waals surface area contributed by atoms with Crippen LogP contribution in [0.1, 0.15) is 18.1 Å². The standard InChI is InChI=1S/C9H14N2O.C8H12N2/c1-12-6-5-11-8-9-3-2-4-10-7-9;1-2-9-6-8-4-3-5-10-7-8/h2-4,7,11H,5-6,8H2,1H3;3-5,7,9H,2,6H2,1H3. The normalized spacial score (nSPS) is 9.91. The average molecular weight is 302 g/mol. The Labute approximate surface area is 133 Å². The number of hydrogen-bond donors (Lipinski definition) is 2. The highest BCUT2D eigenvalue weighted by atomic mass is 16.5. The number of ether oxygens (including phenoxy) is 1. The van der Waals surface area contributed by atoms with Crippen molar-refractivity contribution < 1.29 is 4.74 Å². The van der Waals surface area contributed by atoms with Crippen molar-refractivity contribution in [3.05, 3.63) is 60.2 Å². The molecule has 2 aromatic heterocycles. The van der Waals surface area contributed by atoms with Gasteiger partial charge in [-0.3, -0.25) is 9.97 Å². The minimum Gasteiger partial charge on any atom is -0.383 e. The Hall–Kier alpha value is -1.82. The van der Waals surface area contributed by atoms with E-state index in [1.54, 1.807) is 19.5 Å². The van der Waals surface area contributed by atoms with Crippen LogP contribution in [0.5, 0.6) is 0 Å². The quantitative estimate of drug-likeness (QED) is 0.731. The van der Waals surface area contributed by atoms with E-state index < -0.39 is 0 Å². The first-order valence-corrected chi connectivity index (χ1v) is 7.55. The maximum atomic E-state index is 4.90. The summed E-state index contributed by atoms with van der Waals surface area (Å²) in [6, 6.07) is 8.00. The molecule has 0 spiro atoms. The van der Waals surface area contributed by atoms with Crippen LogP contribution >= 0.6 is 0 Å². The van der Waals surface area contributed by atoms with Crippen molar-refractivity contribution >= 4 is 0 Å². The number of methoxy groups -OCH3 is 1. The Morgan fingerprint density at radius 3 is 2.00 bits per heavy atom. The third-order valence-corrected chi connectivity index (χ3v) is 2.84. The van der Waals surface area contributed by atoms with Gasteiger partial charge in [0.1, 0.15) is 0 Å². The Morgan fingerprint density at radius 1 is 0.955 bits per heavy atom. The lowest BCUT2D eigenvalue weighted by Gasteiger charge is -2.02. The Kier molecular flexibility index (Phi) is 10.7. The van der Waals surface area contributed by atoms with Crippen molar-refractivity contribution in [1.29, 1.82) is 0 Å². The third-order valence-electron chi connectivity index (χ3n) is 2.84. The van der Waals surface area contributed by atoms with E-state index in [1.165, 1.54) is 11.1 Å².